The summed E-state index contributed by atoms with van der Waals surface area (Å²) < 4.78 is 5.80. The maximum atomic E-state index is 5.80. The van der Waals surface area contributed by atoms with Gasteiger partial charge in [0.1, 0.15) is 11.5 Å². The van der Waals surface area contributed by atoms with Crippen LogP contribution in [0.4, 0.5) is 0 Å². The molecular formula is C16H19NO. The first-order chi connectivity index (χ1) is 8.69. The molecule has 2 heteroatoms. The van der Waals surface area contributed by atoms with E-state index in [1.165, 1.54) is 5.56 Å². The molecule has 94 valence electrons. The molecular weight excluding hydrogens is 222 g/mol. The van der Waals surface area contributed by atoms with Crippen molar-refractivity contribution in [1.82, 2.24) is 0 Å². The molecule has 0 saturated heterocycles. The van der Waals surface area contributed by atoms with Gasteiger partial charge in [-0.25, -0.2) is 0 Å². The second-order valence-corrected chi connectivity index (χ2v) is 4.68. The number of nitrogens with two attached hydrogens (primary N) is 1. The zero-order valence-electron chi connectivity index (χ0n) is 10.9. The van der Waals surface area contributed by atoms with Crippen molar-refractivity contribution in [3.8, 4) is 11.5 Å². The summed E-state index contributed by atoms with van der Waals surface area (Å²) in [5.74, 6) is 2.23. The van der Waals surface area contributed by atoms with Gasteiger partial charge in [0.15, 0.2) is 0 Å². The van der Waals surface area contributed by atoms with Crippen LogP contribution >= 0.6 is 0 Å². The average molecular weight is 241 g/mol. The van der Waals surface area contributed by atoms with Gasteiger partial charge < -0.3 is 10.5 Å². The Morgan fingerprint density at radius 3 is 2.33 bits per heavy atom. The largest absolute Gasteiger partial charge is 0.457 e. The van der Waals surface area contributed by atoms with Crippen LogP contribution in [0.5, 0.6) is 11.5 Å². The van der Waals surface area contributed by atoms with Gasteiger partial charge in [-0.05, 0) is 41.3 Å². The first-order valence-electron chi connectivity index (χ1n) is 6.26. The monoisotopic (exact) mass is 241 g/mol. The molecule has 2 N–H and O–H groups in total. The Morgan fingerprint density at radius 2 is 1.72 bits per heavy atom. The van der Waals surface area contributed by atoms with E-state index in [4.69, 9.17) is 10.5 Å². The lowest BCUT2D eigenvalue weighted by Gasteiger charge is -2.09. The fourth-order valence-corrected chi connectivity index (χ4v) is 1.79. The first kappa shape index (κ1) is 12.7. The maximum Gasteiger partial charge on any atom is 0.127 e. The summed E-state index contributed by atoms with van der Waals surface area (Å²) in [6, 6.07) is 16.1. The lowest BCUT2D eigenvalue weighted by molar-refractivity contribution is 0.481. The van der Waals surface area contributed by atoms with Gasteiger partial charge in [-0.3, -0.25) is 0 Å². The number of hydrogen-bond acceptors (Lipinski definition) is 2. The predicted molar refractivity (Wildman–Crippen MR) is 74.9 cm³/mol. The van der Waals surface area contributed by atoms with Crippen molar-refractivity contribution in [2.75, 3.05) is 0 Å². The zero-order valence-corrected chi connectivity index (χ0v) is 10.9. The van der Waals surface area contributed by atoms with Crippen LogP contribution in [0, 0.1) is 0 Å². The molecule has 0 aliphatic rings. The van der Waals surface area contributed by atoms with Crippen LogP contribution in [0.15, 0.2) is 48.5 Å². The lowest BCUT2D eigenvalue weighted by Crippen LogP contribution is -1.96. The minimum Gasteiger partial charge on any atom is -0.457 e. The average Bonchev–Trinajstić information content (AvgIpc) is 2.39. The number of hydrogen-bond donors (Lipinski definition) is 1. The van der Waals surface area contributed by atoms with Crippen LogP contribution in [0.2, 0.25) is 0 Å². The van der Waals surface area contributed by atoms with Crippen molar-refractivity contribution in [2.24, 2.45) is 5.73 Å². The second-order valence-electron chi connectivity index (χ2n) is 4.68. The Bertz CT molecular complexity index is 503. The number of benzene rings is 2. The molecule has 0 unspecified atom stereocenters. The van der Waals surface area contributed by atoms with E-state index in [-0.39, 0.29) is 0 Å². The van der Waals surface area contributed by atoms with Crippen molar-refractivity contribution in [1.29, 1.82) is 0 Å². The third-order valence-corrected chi connectivity index (χ3v) is 2.92. The number of rotatable bonds is 4. The summed E-state index contributed by atoms with van der Waals surface area (Å²) in [5, 5.41) is 0. The van der Waals surface area contributed by atoms with Gasteiger partial charge >= 0.3 is 0 Å². The van der Waals surface area contributed by atoms with Gasteiger partial charge in [-0.2, -0.15) is 0 Å². The Morgan fingerprint density at radius 1 is 1.00 bits per heavy atom. The summed E-state index contributed by atoms with van der Waals surface area (Å²) in [7, 11) is 0. The first-order valence-corrected chi connectivity index (χ1v) is 6.26. The highest BCUT2D eigenvalue weighted by Gasteiger charge is 2.01. The van der Waals surface area contributed by atoms with Crippen LogP contribution in [-0.2, 0) is 6.54 Å². The molecule has 0 amide bonds. The molecule has 0 radical (unpaired) electrons. The molecule has 0 fully saturated rings. The molecule has 0 aromatic heterocycles. The topological polar surface area (TPSA) is 35.2 Å². The highest BCUT2D eigenvalue weighted by molar-refractivity contribution is 5.35. The molecule has 0 heterocycles. The molecule has 0 aliphatic carbocycles. The molecule has 2 aromatic carbocycles. The Balaban J connectivity index is 2.13. The molecule has 2 nitrogen and oxygen atoms in total. The Kier molecular flexibility index (Phi) is 4.00. The van der Waals surface area contributed by atoms with Crippen LogP contribution in [0.25, 0.3) is 0 Å². The van der Waals surface area contributed by atoms with Gasteiger partial charge in [-0.15, -0.1) is 0 Å². The normalized spacial score (nSPS) is 10.7. The number of ether oxygens (including phenoxy) is 1. The fourth-order valence-electron chi connectivity index (χ4n) is 1.79. The van der Waals surface area contributed by atoms with Crippen LogP contribution in [0.3, 0.4) is 0 Å². The smallest absolute Gasteiger partial charge is 0.127 e. The molecule has 18 heavy (non-hydrogen) atoms. The van der Waals surface area contributed by atoms with Crippen LogP contribution in [0.1, 0.15) is 30.9 Å². The van der Waals surface area contributed by atoms with Crippen LogP contribution in [-0.4, -0.2) is 0 Å². The van der Waals surface area contributed by atoms with E-state index in [1.54, 1.807) is 0 Å². The highest BCUT2D eigenvalue weighted by Crippen LogP contribution is 2.24. The van der Waals surface area contributed by atoms with Gasteiger partial charge in [0.05, 0.1) is 0 Å². The standard InChI is InChI=1S/C16H19NO/c1-12(2)14-6-8-15(9-7-14)18-16-5-3-4-13(10-16)11-17/h3-10,12H,11,17H2,1-2H3. The van der Waals surface area contributed by atoms with E-state index < -0.39 is 0 Å². The predicted octanol–water partition coefficient (Wildman–Crippen LogP) is 4.06. The SMILES string of the molecule is CC(C)c1ccc(Oc2cccc(CN)c2)cc1. The Labute approximate surface area is 108 Å². The van der Waals surface area contributed by atoms with Crippen molar-refractivity contribution in [2.45, 2.75) is 26.3 Å². The quantitative estimate of drug-likeness (QED) is 0.876. The molecule has 0 aliphatic heterocycles. The molecule has 0 bridgehead atoms. The van der Waals surface area contributed by atoms with E-state index in [1.807, 2.05) is 36.4 Å². The van der Waals surface area contributed by atoms with E-state index >= 15 is 0 Å². The summed E-state index contributed by atoms with van der Waals surface area (Å²) in [4.78, 5) is 0. The molecule has 2 aromatic rings. The maximum absolute atomic E-state index is 5.80. The summed E-state index contributed by atoms with van der Waals surface area (Å²) >= 11 is 0. The highest BCUT2D eigenvalue weighted by atomic mass is 16.5. The van der Waals surface area contributed by atoms with Gasteiger partial charge in [-0.1, -0.05) is 38.1 Å². The summed E-state index contributed by atoms with van der Waals surface area (Å²) in [6.45, 7) is 4.89. The Hall–Kier alpha value is -1.80. The minimum absolute atomic E-state index is 0.531. The van der Waals surface area contributed by atoms with Gasteiger partial charge in [0.2, 0.25) is 0 Å². The van der Waals surface area contributed by atoms with E-state index in [0.29, 0.717) is 12.5 Å². The van der Waals surface area contributed by atoms with Gasteiger partial charge in [0, 0.05) is 6.54 Å². The summed E-state index contributed by atoms with van der Waals surface area (Å²) in [5.41, 5.74) is 8.00. The molecule has 2 rings (SSSR count). The van der Waals surface area contributed by atoms with E-state index in [2.05, 4.69) is 26.0 Å². The lowest BCUT2D eigenvalue weighted by atomic mass is 10.0. The van der Waals surface area contributed by atoms with Gasteiger partial charge in [0.25, 0.3) is 0 Å². The zero-order chi connectivity index (χ0) is 13.0. The molecule has 0 spiro atoms. The minimum atomic E-state index is 0.531. The van der Waals surface area contributed by atoms with Crippen molar-refractivity contribution < 1.29 is 4.74 Å². The van der Waals surface area contributed by atoms with Crippen molar-refractivity contribution in [3.05, 3.63) is 59.7 Å². The van der Waals surface area contributed by atoms with E-state index in [9.17, 15) is 0 Å². The second kappa shape index (κ2) is 5.69. The van der Waals surface area contributed by atoms with Crippen molar-refractivity contribution >= 4 is 0 Å². The third kappa shape index (κ3) is 3.11. The molecule has 0 atom stereocenters. The molecule has 0 saturated carbocycles. The third-order valence-electron chi connectivity index (χ3n) is 2.92. The fraction of sp³-hybridized carbons (Fsp3) is 0.250. The van der Waals surface area contributed by atoms with Crippen LogP contribution < -0.4 is 10.5 Å². The summed E-state index contributed by atoms with van der Waals surface area (Å²) in [6.07, 6.45) is 0. The van der Waals surface area contributed by atoms with Crippen molar-refractivity contribution in [3.63, 3.8) is 0 Å². The van der Waals surface area contributed by atoms with E-state index in [0.717, 1.165) is 17.1 Å².